The summed E-state index contributed by atoms with van der Waals surface area (Å²) in [4.78, 5) is 24.9. The monoisotopic (exact) mass is 565 g/mol. The first-order valence-electron chi connectivity index (χ1n) is 11.8. The van der Waals surface area contributed by atoms with Crippen molar-refractivity contribution in [2.45, 2.75) is 19.0 Å². The first-order chi connectivity index (χ1) is 18.8. The minimum Gasteiger partial charge on any atom is -0.475 e. The van der Waals surface area contributed by atoms with E-state index >= 15 is 0 Å². The fourth-order valence-electron chi connectivity index (χ4n) is 3.95. The molecule has 4 rings (SSSR count). The third-order valence-electron chi connectivity index (χ3n) is 6.11. The molecular weight excluding hydrogens is 538 g/mol. The van der Waals surface area contributed by atoms with Crippen LogP contribution < -0.4 is 16.8 Å². The van der Waals surface area contributed by atoms with Crippen LogP contribution in [0.25, 0.3) is 11.1 Å². The molecule has 1 aromatic heterocycles. The number of aliphatic carboxylic acids is 1. The molecule has 40 heavy (non-hydrogen) atoms. The van der Waals surface area contributed by atoms with E-state index in [1.165, 1.54) is 12.3 Å². The van der Waals surface area contributed by atoms with E-state index in [1.54, 1.807) is 28.0 Å². The van der Waals surface area contributed by atoms with Gasteiger partial charge in [0, 0.05) is 43.0 Å². The van der Waals surface area contributed by atoms with Crippen LogP contribution in [0.3, 0.4) is 0 Å². The lowest BCUT2D eigenvalue weighted by molar-refractivity contribution is -0.192. The lowest BCUT2D eigenvalue weighted by atomic mass is 9.98. The molecular formula is C25H27F4N7O4. The molecule has 8 N–H and O–H groups in total. The summed E-state index contributed by atoms with van der Waals surface area (Å²) in [6.07, 6.45) is 1.53. The molecule has 3 heterocycles. The zero-order valence-electron chi connectivity index (χ0n) is 21.0. The Morgan fingerprint density at radius 3 is 1.98 bits per heavy atom. The first-order valence-corrected chi connectivity index (χ1v) is 11.8. The van der Waals surface area contributed by atoms with Crippen LogP contribution in [0.2, 0.25) is 0 Å². The van der Waals surface area contributed by atoms with Crippen molar-refractivity contribution < 1.29 is 36.7 Å². The van der Waals surface area contributed by atoms with E-state index in [0.717, 1.165) is 16.7 Å². The summed E-state index contributed by atoms with van der Waals surface area (Å²) in [5, 5.41) is 24.8. The number of furan rings is 1. The summed E-state index contributed by atoms with van der Waals surface area (Å²) in [5.74, 6) is -3.49. The quantitative estimate of drug-likeness (QED) is 0.185. The molecule has 1 aromatic carbocycles. The number of carboxylic acid groups (broad SMARTS) is 1. The van der Waals surface area contributed by atoms with Crippen LogP contribution in [0.1, 0.15) is 34.5 Å². The standard InChI is InChI=1S/C23H26FN7O2.C2HF3O2/c24-19-12-17(1-2-18(19)15-5-9-31(10-6-15)23(27)28)29-21(32)20-11-16(13-33-20)14-3-7-30(8-4-14)22(25)26;3-2(4,5)1(6)7/h1-3,5,11-13H,4,6-10H2,(H3,25,26)(H3,27,28)(H,29,32);(H,6,7). The number of carbonyl (C=O) groups excluding carboxylic acids is 1. The number of carboxylic acids is 1. The number of hydrogen-bond acceptors (Lipinski definition) is 5. The Labute approximate surface area is 225 Å². The number of carbonyl (C=O) groups is 2. The summed E-state index contributed by atoms with van der Waals surface area (Å²) in [5.41, 5.74) is 14.5. The molecule has 15 heteroatoms. The molecule has 2 aliphatic rings. The summed E-state index contributed by atoms with van der Waals surface area (Å²) in [6, 6.07) is 6.23. The number of benzene rings is 1. The molecule has 1 amide bonds. The van der Waals surface area contributed by atoms with Crippen molar-refractivity contribution >= 4 is 40.6 Å². The first kappa shape index (κ1) is 29.7. The number of alkyl halides is 3. The van der Waals surface area contributed by atoms with Crippen LogP contribution >= 0.6 is 0 Å². The molecule has 2 aliphatic heterocycles. The molecule has 0 aliphatic carbocycles. The molecule has 0 spiro atoms. The maximum atomic E-state index is 14.7. The fraction of sp³-hybridized carbons (Fsp3) is 0.280. The van der Waals surface area contributed by atoms with Gasteiger partial charge < -0.3 is 36.1 Å². The normalized spacial score (nSPS) is 15.3. The van der Waals surface area contributed by atoms with Gasteiger partial charge in [0.15, 0.2) is 17.7 Å². The van der Waals surface area contributed by atoms with E-state index in [-0.39, 0.29) is 17.7 Å². The van der Waals surface area contributed by atoms with Crippen LogP contribution in [-0.2, 0) is 4.79 Å². The van der Waals surface area contributed by atoms with Crippen molar-refractivity contribution in [3.8, 4) is 0 Å². The van der Waals surface area contributed by atoms with E-state index in [2.05, 4.69) is 5.32 Å². The second-order valence-corrected chi connectivity index (χ2v) is 8.77. The fourth-order valence-corrected chi connectivity index (χ4v) is 3.95. The third-order valence-corrected chi connectivity index (χ3v) is 6.11. The van der Waals surface area contributed by atoms with Crippen LogP contribution in [0, 0.1) is 16.6 Å². The number of amides is 1. The van der Waals surface area contributed by atoms with Crippen LogP contribution in [-0.4, -0.2) is 71.1 Å². The molecule has 0 unspecified atom stereocenters. The van der Waals surface area contributed by atoms with Gasteiger partial charge in [-0.1, -0.05) is 12.2 Å². The Morgan fingerprint density at radius 2 is 1.52 bits per heavy atom. The van der Waals surface area contributed by atoms with Crippen LogP contribution in [0.5, 0.6) is 0 Å². The van der Waals surface area contributed by atoms with E-state index in [9.17, 15) is 22.4 Å². The SMILES string of the molecule is N=C(N)N1CC=C(c2coc(C(=O)Nc3ccc(C4=CCN(C(=N)N)CC4)c(F)c3)c2)CC1.O=C(O)C(F)(F)F. The number of nitrogens with zero attached hydrogens (tertiary/aromatic N) is 2. The van der Waals surface area contributed by atoms with Gasteiger partial charge in [-0.3, -0.25) is 15.6 Å². The average molecular weight is 566 g/mol. The van der Waals surface area contributed by atoms with Gasteiger partial charge in [-0.05, 0) is 48.3 Å². The Bertz CT molecular complexity index is 1370. The van der Waals surface area contributed by atoms with Gasteiger partial charge in [0.2, 0.25) is 0 Å². The second-order valence-electron chi connectivity index (χ2n) is 8.77. The molecule has 11 nitrogen and oxygen atoms in total. The van der Waals surface area contributed by atoms with Gasteiger partial charge in [-0.2, -0.15) is 13.2 Å². The number of guanidine groups is 2. The Hall–Kier alpha value is -4.82. The van der Waals surface area contributed by atoms with Crippen molar-refractivity contribution in [2.75, 3.05) is 31.5 Å². The zero-order valence-corrected chi connectivity index (χ0v) is 21.0. The predicted octanol–water partition coefficient (Wildman–Crippen LogP) is 3.27. The maximum Gasteiger partial charge on any atom is 0.490 e. The molecule has 0 atom stereocenters. The number of hydrogen-bond donors (Lipinski definition) is 6. The minimum absolute atomic E-state index is 0.00252. The highest BCUT2D eigenvalue weighted by atomic mass is 19.4. The summed E-state index contributed by atoms with van der Waals surface area (Å²) < 4.78 is 51.9. The smallest absolute Gasteiger partial charge is 0.475 e. The minimum atomic E-state index is -5.08. The van der Waals surface area contributed by atoms with Gasteiger partial charge >= 0.3 is 12.1 Å². The Kier molecular flexibility index (Phi) is 9.19. The molecule has 0 radical (unpaired) electrons. The highest BCUT2D eigenvalue weighted by molar-refractivity contribution is 6.02. The van der Waals surface area contributed by atoms with Gasteiger partial charge in [0.05, 0.1) is 6.26 Å². The third kappa shape index (κ3) is 7.61. The molecule has 214 valence electrons. The largest absolute Gasteiger partial charge is 0.490 e. The number of rotatable bonds is 4. The number of anilines is 1. The van der Waals surface area contributed by atoms with Gasteiger partial charge in [0.25, 0.3) is 5.91 Å². The summed E-state index contributed by atoms with van der Waals surface area (Å²) >= 11 is 0. The average Bonchev–Trinajstić information content (AvgIpc) is 3.39. The second kappa shape index (κ2) is 12.4. The molecule has 0 bridgehead atoms. The highest BCUT2D eigenvalue weighted by Crippen LogP contribution is 2.28. The highest BCUT2D eigenvalue weighted by Gasteiger charge is 2.38. The van der Waals surface area contributed by atoms with Gasteiger partial charge in [-0.15, -0.1) is 0 Å². The van der Waals surface area contributed by atoms with Gasteiger partial charge in [0.1, 0.15) is 5.82 Å². The predicted molar refractivity (Wildman–Crippen MR) is 139 cm³/mol. The molecule has 0 fully saturated rings. The van der Waals surface area contributed by atoms with E-state index < -0.39 is 23.9 Å². The van der Waals surface area contributed by atoms with Crippen molar-refractivity contribution in [1.82, 2.24) is 9.80 Å². The number of halogens is 4. The van der Waals surface area contributed by atoms with E-state index in [1.807, 2.05) is 12.2 Å². The van der Waals surface area contributed by atoms with Crippen LogP contribution in [0.4, 0.5) is 23.2 Å². The molecule has 0 saturated carbocycles. The summed E-state index contributed by atoms with van der Waals surface area (Å²) in [7, 11) is 0. The van der Waals surface area contributed by atoms with E-state index in [4.69, 9.17) is 36.6 Å². The van der Waals surface area contributed by atoms with Gasteiger partial charge in [-0.25, -0.2) is 9.18 Å². The van der Waals surface area contributed by atoms with Crippen molar-refractivity contribution in [3.05, 3.63) is 65.4 Å². The Morgan fingerprint density at radius 1 is 0.975 bits per heavy atom. The zero-order chi connectivity index (χ0) is 29.6. The number of nitrogens with one attached hydrogen (secondary N) is 3. The summed E-state index contributed by atoms with van der Waals surface area (Å²) in [6.45, 7) is 2.19. The topological polar surface area (TPSA) is 186 Å². The van der Waals surface area contributed by atoms with E-state index in [0.29, 0.717) is 50.3 Å². The maximum absolute atomic E-state index is 14.7. The number of nitrogens with two attached hydrogens (primary N) is 2. The molecule has 0 saturated heterocycles. The van der Waals surface area contributed by atoms with Crippen molar-refractivity contribution in [1.29, 1.82) is 10.8 Å². The van der Waals surface area contributed by atoms with Crippen LogP contribution in [0.15, 0.2) is 47.1 Å². The van der Waals surface area contributed by atoms with Crippen molar-refractivity contribution in [2.24, 2.45) is 11.5 Å². The molecule has 2 aromatic rings. The Balaban J connectivity index is 0.000000559. The lowest BCUT2D eigenvalue weighted by Crippen LogP contribution is -2.39. The van der Waals surface area contributed by atoms with Crippen molar-refractivity contribution in [3.63, 3.8) is 0 Å². The lowest BCUT2D eigenvalue weighted by Gasteiger charge is -2.26.